The fraction of sp³-hybridized carbons (Fsp3) is 0.462. The van der Waals surface area contributed by atoms with E-state index in [-0.39, 0.29) is 18.2 Å². The van der Waals surface area contributed by atoms with E-state index in [0.717, 1.165) is 0 Å². The number of hydrogen-bond acceptors (Lipinski definition) is 4. The van der Waals surface area contributed by atoms with Gasteiger partial charge in [0.2, 0.25) is 5.91 Å². The molecule has 19 heavy (non-hydrogen) atoms. The minimum absolute atomic E-state index is 0.0527. The van der Waals surface area contributed by atoms with Crippen molar-refractivity contribution in [2.75, 3.05) is 11.9 Å². The molecular weight excluding hydrogens is 264 g/mol. The van der Waals surface area contributed by atoms with Gasteiger partial charge in [-0.2, -0.15) is 0 Å². The van der Waals surface area contributed by atoms with Gasteiger partial charge in [0, 0.05) is 5.69 Å². The van der Waals surface area contributed by atoms with Gasteiger partial charge in [0.1, 0.15) is 0 Å². The van der Waals surface area contributed by atoms with Crippen LogP contribution < -0.4 is 11.1 Å². The third-order valence-electron chi connectivity index (χ3n) is 2.69. The van der Waals surface area contributed by atoms with Crippen LogP contribution in [-0.4, -0.2) is 25.6 Å². The average molecular weight is 284 g/mol. The third-order valence-corrected chi connectivity index (χ3v) is 5.27. The van der Waals surface area contributed by atoms with Crippen LogP contribution in [0.2, 0.25) is 0 Å². The Kier molecular flexibility index (Phi) is 4.70. The van der Waals surface area contributed by atoms with E-state index in [4.69, 9.17) is 5.73 Å². The molecule has 0 saturated heterocycles. The first-order valence-corrected chi connectivity index (χ1v) is 7.62. The lowest BCUT2D eigenvalue weighted by atomic mass is 10.2. The van der Waals surface area contributed by atoms with E-state index < -0.39 is 14.6 Å². The van der Waals surface area contributed by atoms with E-state index in [1.54, 1.807) is 45.0 Å². The van der Waals surface area contributed by atoms with Crippen LogP contribution in [0.4, 0.5) is 5.69 Å². The van der Waals surface area contributed by atoms with Crippen LogP contribution in [0.3, 0.4) is 0 Å². The zero-order valence-corrected chi connectivity index (χ0v) is 12.3. The van der Waals surface area contributed by atoms with Crippen LogP contribution in [0.25, 0.3) is 0 Å². The fourth-order valence-corrected chi connectivity index (χ4v) is 2.44. The van der Waals surface area contributed by atoms with Crippen LogP contribution in [0.5, 0.6) is 0 Å². The number of anilines is 1. The molecule has 0 aliphatic carbocycles. The van der Waals surface area contributed by atoms with Crippen molar-refractivity contribution in [3.05, 3.63) is 29.8 Å². The van der Waals surface area contributed by atoms with Gasteiger partial charge in [0.25, 0.3) is 0 Å². The Bertz CT molecular complexity index is 559. The van der Waals surface area contributed by atoms with Crippen LogP contribution >= 0.6 is 0 Å². The Morgan fingerprint density at radius 2 is 1.95 bits per heavy atom. The summed E-state index contributed by atoms with van der Waals surface area (Å²) >= 11 is 0. The van der Waals surface area contributed by atoms with E-state index in [1.165, 1.54) is 0 Å². The van der Waals surface area contributed by atoms with Crippen LogP contribution in [-0.2, 0) is 20.4 Å². The SMILES string of the molecule is CC(C)(C)S(=O)(=O)Cc1cccc(NC(=O)CN)c1. The monoisotopic (exact) mass is 284 g/mol. The molecule has 0 heterocycles. The highest BCUT2D eigenvalue weighted by Crippen LogP contribution is 2.22. The number of hydrogen-bond donors (Lipinski definition) is 2. The largest absolute Gasteiger partial charge is 0.325 e. The van der Waals surface area contributed by atoms with Gasteiger partial charge < -0.3 is 11.1 Å². The minimum Gasteiger partial charge on any atom is -0.325 e. The number of amides is 1. The maximum absolute atomic E-state index is 12.1. The molecule has 106 valence electrons. The predicted molar refractivity (Wildman–Crippen MR) is 76.5 cm³/mol. The first-order valence-electron chi connectivity index (χ1n) is 5.97. The van der Waals surface area contributed by atoms with Crippen molar-refractivity contribution in [2.45, 2.75) is 31.3 Å². The number of rotatable bonds is 4. The van der Waals surface area contributed by atoms with Crippen molar-refractivity contribution in [3.63, 3.8) is 0 Å². The quantitative estimate of drug-likeness (QED) is 0.872. The molecule has 0 saturated carbocycles. The molecule has 3 N–H and O–H groups in total. The van der Waals surface area contributed by atoms with E-state index >= 15 is 0 Å². The molecule has 0 bridgehead atoms. The second-order valence-corrected chi connectivity index (χ2v) is 8.07. The summed E-state index contributed by atoms with van der Waals surface area (Å²) in [6.07, 6.45) is 0. The second kappa shape index (κ2) is 5.71. The Labute approximate surface area is 114 Å². The molecule has 0 atom stereocenters. The average Bonchev–Trinajstić information content (AvgIpc) is 2.27. The Morgan fingerprint density at radius 1 is 1.32 bits per heavy atom. The summed E-state index contributed by atoms with van der Waals surface area (Å²) in [5.41, 5.74) is 6.40. The van der Waals surface area contributed by atoms with Gasteiger partial charge in [-0.3, -0.25) is 4.79 Å². The zero-order valence-electron chi connectivity index (χ0n) is 11.4. The highest BCUT2D eigenvalue weighted by Gasteiger charge is 2.28. The molecule has 0 spiro atoms. The molecule has 0 radical (unpaired) electrons. The lowest BCUT2D eigenvalue weighted by Gasteiger charge is -2.19. The number of carbonyl (C=O) groups excluding carboxylic acids is 1. The van der Waals surface area contributed by atoms with Crippen LogP contribution in [0.1, 0.15) is 26.3 Å². The summed E-state index contributed by atoms with van der Waals surface area (Å²) in [5.74, 6) is -0.362. The normalized spacial score (nSPS) is 12.2. The summed E-state index contributed by atoms with van der Waals surface area (Å²) in [6.45, 7) is 4.90. The van der Waals surface area contributed by atoms with Crippen molar-refractivity contribution in [1.29, 1.82) is 0 Å². The van der Waals surface area contributed by atoms with Gasteiger partial charge in [0.15, 0.2) is 9.84 Å². The maximum atomic E-state index is 12.1. The summed E-state index contributed by atoms with van der Waals surface area (Å²) in [6, 6.07) is 6.78. The van der Waals surface area contributed by atoms with Gasteiger partial charge in [-0.1, -0.05) is 12.1 Å². The first-order chi connectivity index (χ1) is 8.65. The van der Waals surface area contributed by atoms with Crippen molar-refractivity contribution >= 4 is 21.4 Å². The van der Waals surface area contributed by atoms with E-state index in [1.807, 2.05) is 0 Å². The second-order valence-electron chi connectivity index (χ2n) is 5.32. The lowest BCUT2D eigenvalue weighted by molar-refractivity contribution is -0.114. The maximum Gasteiger partial charge on any atom is 0.238 e. The van der Waals surface area contributed by atoms with E-state index in [9.17, 15) is 13.2 Å². The Morgan fingerprint density at radius 3 is 2.47 bits per heavy atom. The van der Waals surface area contributed by atoms with E-state index in [2.05, 4.69) is 5.32 Å². The number of carbonyl (C=O) groups is 1. The molecule has 0 aliphatic rings. The molecule has 1 rings (SSSR count). The van der Waals surface area contributed by atoms with Crippen LogP contribution in [0.15, 0.2) is 24.3 Å². The number of nitrogens with one attached hydrogen (secondary N) is 1. The zero-order chi connectivity index (χ0) is 14.7. The molecule has 1 aromatic rings. The Balaban J connectivity index is 2.92. The highest BCUT2D eigenvalue weighted by molar-refractivity contribution is 7.91. The van der Waals surface area contributed by atoms with Gasteiger partial charge in [-0.15, -0.1) is 0 Å². The Hall–Kier alpha value is -1.40. The van der Waals surface area contributed by atoms with Gasteiger partial charge in [0.05, 0.1) is 17.0 Å². The number of nitrogens with two attached hydrogens (primary N) is 1. The molecule has 1 aromatic carbocycles. The van der Waals surface area contributed by atoms with Crippen molar-refractivity contribution in [2.24, 2.45) is 5.73 Å². The summed E-state index contributed by atoms with van der Waals surface area (Å²) < 4.78 is 23.4. The molecule has 5 nitrogen and oxygen atoms in total. The highest BCUT2D eigenvalue weighted by atomic mass is 32.2. The molecule has 1 amide bonds. The predicted octanol–water partition coefficient (Wildman–Crippen LogP) is 1.30. The topological polar surface area (TPSA) is 89.3 Å². The van der Waals surface area contributed by atoms with Crippen molar-refractivity contribution in [3.8, 4) is 0 Å². The third kappa shape index (κ3) is 4.33. The van der Waals surface area contributed by atoms with Gasteiger partial charge in [-0.25, -0.2) is 8.42 Å². The summed E-state index contributed by atoms with van der Waals surface area (Å²) in [5, 5.41) is 2.60. The molecule has 0 fully saturated rings. The molecule has 0 aliphatic heterocycles. The molecule has 6 heteroatoms. The minimum atomic E-state index is -3.24. The standard InChI is InChI=1S/C13H20N2O3S/c1-13(2,3)19(17,18)9-10-5-4-6-11(7-10)15-12(16)8-14/h4-7H,8-9,14H2,1-3H3,(H,15,16). The fourth-order valence-electron chi connectivity index (χ4n) is 1.39. The number of benzene rings is 1. The lowest BCUT2D eigenvalue weighted by Crippen LogP contribution is -2.29. The molecule has 0 aromatic heterocycles. The van der Waals surface area contributed by atoms with Gasteiger partial charge >= 0.3 is 0 Å². The van der Waals surface area contributed by atoms with Crippen molar-refractivity contribution < 1.29 is 13.2 Å². The summed E-state index contributed by atoms with van der Waals surface area (Å²) in [7, 11) is -3.24. The molecule has 0 unspecified atom stereocenters. The smallest absolute Gasteiger partial charge is 0.238 e. The van der Waals surface area contributed by atoms with Crippen LogP contribution in [0, 0.1) is 0 Å². The molecular formula is C13H20N2O3S. The van der Waals surface area contributed by atoms with E-state index in [0.29, 0.717) is 11.3 Å². The van der Waals surface area contributed by atoms with Crippen molar-refractivity contribution in [1.82, 2.24) is 0 Å². The number of sulfone groups is 1. The summed E-state index contributed by atoms with van der Waals surface area (Å²) in [4.78, 5) is 11.2. The first kappa shape index (κ1) is 15.7. The van der Waals surface area contributed by atoms with Gasteiger partial charge in [-0.05, 0) is 38.5 Å².